The maximum absolute atomic E-state index is 12.3. The number of hydrogen-bond donors (Lipinski definition) is 0. The van der Waals surface area contributed by atoms with Gasteiger partial charge in [0, 0.05) is 23.0 Å². The fourth-order valence-corrected chi connectivity index (χ4v) is 1.75. The first-order valence-corrected chi connectivity index (χ1v) is 5.52. The summed E-state index contributed by atoms with van der Waals surface area (Å²) < 4.78 is 41.1. The van der Waals surface area contributed by atoms with E-state index in [1.54, 1.807) is 26.0 Å². The van der Waals surface area contributed by atoms with Crippen molar-refractivity contribution in [2.24, 2.45) is 0 Å². The minimum Gasteiger partial charge on any atom is -0.405 e. The Hall–Kier alpha value is -2.11. The maximum Gasteiger partial charge on any atom is 0.573 e. The number of alkyl halides is 3. The molecule has 1 heterocycles. The molecule has 0 radical (unpaired) electrons. The number of hydrogen-bond acceptors (Lipinski definition) is 3. The van der Waals surface area contributed by atoms with Gasteiger partial charge in [0.05, 0.1) is 0 Å². The van der Waals surface area contributed by atoms with Gasteiger partial charge in [-0.3, -0.25) is 0 Å². The molecule has 19 heavy (non-hydrogen) atoms. The van der Waals surface area contributed by atoms with Crippen molar-refractivity contribution in [2.75, 3.05) is 0 Å². The highest BCUT2D eigenvalue weighted by Gasteiger charge is 2.32. The molecular formula is C13H11F3N2O. The molecule has 0 N–H and O–H groups in total. The molecule has 0 atom stereocenters. The third-order valence-corrected chi connectivity index (χ3v) is 2.50. The molecule has 0 amide bonds. The Kier molecular flexibility index (Phi) is 3.42. The Labute approximate surface area is 108 Å². The molecule has 0 bridgehead atoms. The van der Waals surface area contributed by atoms with E-state index in [0.717, 1.165) is 0 Å². The van der Waals surface area contributed by atoms with Gasteiger partial charge in [0.1, 0.15) is 11.6 Å². The highest BCUT2D eigenvalue weighted by molar-refractivity contribution is 5.71. The van der Waals surface area contributed by atoms with Crippen LogP contribution in [0.5, 0.6) is 5.75 Å². The first kappa shape index (κ1) is 13.3. The number of ether oxygens (including phenoxy) is 1. The average molecular weight is 268 g/mol. The molecule has 0 saturated carbocycles. The summed E-state index contributed by atoms with van der Waals surface area (Å²) in [6, 6.07) is 5.93. The van der Waals surface area contributed by atoms with Gasteiger partial charge in [0.25, 0.3) is 0 Å². The second kappa shape index (κ2) is 4.87. The van der Waals surface area contributed by atoms with Crippen molar-refractivity contribution in [1.82, 2.24) is 9.97 Å². The van der Waals surface area contributed by atoms with Crippen LogP contribution in [0.15, 0.2) is 30.5 Å². The molecule has 0 saturated heterocycles. The smallest absolute Gasteiger partial charge is 0.405 e. The number of benzene rings is 1. The zero-order valence-corrected chi connectivity index (χ0v) is 10.3. The van der Waals surface area contributed by atoms with Crippen LogP contribution in [-0.4, -0.2) is 16.3 Å². The Morgan fingerprint density at radius 1 is 1.05 bits per heavy atom. The highest BCUT2D eigenvalue weighted by atomic mass is 19.4. The molecule has 6 heteroatoms. The van der Waals surface area contributed by atoms with Crippen molar-refractivity contribution < 1.29 is 17.9 Å². The Morgan fingerprint density at radius 2 is 1.74 bits per heavy atom. The van der Waals surface area contributed by atoms with Crippen molar-refractivity contribution in [2.45, 2.75) is 20.2 Å². The highest BCUT2D eigenvalue weighted by Crippen LogP contribution is 2.34. The summed E-state index contributed by atoms with van der Waals surface area (Å²) in [6.07, 6.45) is -3.23. The molecule has 0 aliphatic heterocycles. The molecule has 0 aliphatic carbocycles. The van der Waals surface area contributed by atoms with Crippen molar-refractivity contribution in [3.8, 4) is 16.9 Å². The van der Waals surface area contributed by atoms with E-state index in [2.05, 4.69) is 14.7 Å². The standard InChI is InChI=1S/C13H11F3N2O/c1-8-11(7-17-9(2)18-8)10-5-3-4-6-12(10)19-13(14,15)16/h3-7H,1-2H3. The Bertz CT molecular complexity index is 597. The average Bonchev–Trinajstić information content (AvgIpc) is 2.28. The van der Waals surface area contributed by atoms with Gasteiger partial charge in [-0.05, 0) is 19.9 Å². The van der Waals surface area contributed by atoms with Crippen LogP contribution >= 0.6 is 0 Å². The van der Waals surface area contributed by atoms with Crippen LogP contribution in [0.2, 0.25) is 0 Å². The molecule has 2 rings (SSSR count). The fourth-order valence-electron chi connectivity index (χ4n) is 1.75. The van der Waals surface area contributed by atoms with E-state index >= 15 is 0 Å². The van der Waals surface area contributed by atoms with Crippen LogP contribution in [0.25, 0.3) is 11.1 Å². The number of aromatic nitrogens is 2. The zero-order valence-electron chi connectivity index (χ0n) is 10.3. The van der Waals surface area contributed by atoms with Crippen molar-refractivity contribution >= 4 is 0 Å². The number of nitrogens with zero attached hydrogens (tertiary/aromatic N) is 2. The van der Waals surface area contributed by atoms with Gasteiger partial charge < -0.3 is 4.74 Å². The first-order valence-electron chi connectivity index (χ1n) is 5.52. The van der Waals surface area contributed by atoms with E-state index in [4.69, 9.17) is 0 Å². The van der Waals surface area contributed by atoms with E-state index in [1.165, 1.54) is 18.3 Å². The molecule has 0 fully saturated rings. The largest absolute Gasteiger partial charge is 0.573 e. The van der Waals surface area contributed by atoms with Gasteiger partial charge in [-0.15, -0.1) is 13.2 Å². The first-order chi connectivity index (χ1) is 8.87. The number of aryl methyl sites for hydroxylation is 2. The topological polar surface area (TPSA) is 35.0 Å². The van der Waals surface area contributed by atoms with Gasteiger partial charge in [0.2, 0.25) is 0 Å². The molecule has 3 nitrogen and oxygen atoms in total. The van der Waals surface area contributed by atoms with E-state index in [9.17, 15) is 13.2 Å². The van der Waals surface area contributed by atoms with Gasteiger partial charge in [0.15, 0.2) is 0 Å². The van der Waals surface area contributed by atoms with E-state index < -0.39 is 6.36 Å². The third kappa shape index (κ3) is 3.21. The molecule has 0 unspecified atom stereocenters. The molecular weight excluding hydrogens is 257 g/mol. The van der Waals surface area contributed by atoms with E-state index in [0.29, 0.717) is 22.6 Å². The summed E-state index contributed by atoms with van der Waals surface area (Å²) >= 11 is 0. The van der Waals surface area contributed by atoms with Gasteiger partial charge in [-0.25, -0.2) is 9.97 Å². The predicted octanol–water partition coefficient (Wildman–Crippen LogP) is 3.66. The van der Waals surface area contributed by atoms with Gasteiger partial charge in [-0.2, -0.15) is 0 Å². The van der Waals surface area contributed by atoms with E-state index in [-0.39, 0.29) is 5.75 Å². The summed E-state index contributed by atoms with van der Waals surface area (Å²) in [4.78, 5) is 8.15. The zero-order chi connectivity index (χ0) is 14.0. The van der Waals surface area contributed by atoms with Crippen molar-refractivity contribution in [1.29, 1.82) is 0 Å². The molecule has 0 spiro atoms. The number of rotatable bonds is 2. The molecule has 2 aromatic rings. The number of halogens is 3. The van der Waals surface area contributed by atoms with Crippen LogP contribution in [0, 0.1) is 13.8 Å². The lowest BCUT2D eigenvalue weighted by Crippen LogP contribution is -2.17. The van der Waals surface area contributed by atoms with Gasteiger partial charge >= 0.3 is 6.36 Å². The third-order valence-electron chi connectivity index (χ3n) is 2.50. The fraction of sp³-hybridized carbons (Fsp3) is 0.231. The molecule has 100 valence electrons. The van der Waals surface area contributed by atoms with Crippen molar-refractivity contribution in [3.05, 3.63) is 42.0 Å². The lowest BCUT2D eigenvalue weighted by Gasteiger charge is -2.14. The normalized spacial score (nSPS) is 11.4. The van der Waals surface area contributed by atoms with Gasteiger partial charge in [-0.1, -0.05) is 18.2 Å². The Morgan fingerprint density at radius 3 is 2.37 bits per heavy atom. The minimum absolute atomic E-state index is 0.259. The molecule has 1 aromatic heterocycles. The second-order valence-corrected chi connectivity index (χ2v) is 3.96. The maximum atomic E-state index is 12.3. The molecule has 0 aliphatic rings. The SMILES string of the molecule is Cc1ncc(-c2ccccc2OC(F)(F)F)c(C)n1. The number of para-hydroxylation sites is 1. The molecule has 1 aromatic carbocycles. The summed E-state index contributed by atoms with van der Waals surface area (Å²) in [7, 11) is 0. The van der Waals surface area contributed by atoms with Crippen LogP contribution in [0.4, 0.5) is 13.2 Å². The summed E-state index contributed by atoms with van der Waals surface area (Å²) in [5, 5.41) is 0. The van der Waals surface area contributed by atoms with Crippen LogP contribution in [-0.2, 0) is 0 Å². The summed E-state index contributed by atoms with van der Waals surface area (Å²) in [5.41, 5.74) is 1.44. The second-order valence-electron chi connectivity index (χ2n) is 3.96. The minimum atomic E-state index is -4.73. The van der Waals surface area contributed by atoms with Crippen molar-refractivity contribution in [3.63, 3.8) is 0 Å². The lowest BCUT2D eigenvalue weighted by atomic mass is 10.1. The Balaban J connectivity index is 2.50. The van der Waals surface area contributed by atoms with Crippen LogP contribution < -0.4 is 4.74 Å². The lowest BCUT2D eigenvalue weighted by molar-refractivity contribution is -0.274. The summed E-state index contributed by atoms with van der Waals surface area (Å²) in [6.45, 7) is 3.43. The van der Waals surface area contributed by atoms with E-state index in [1.807, 2.05) is 0 Å². The van der Waals surface area contributed by atoms with Crippen LogP contribution in [0.1, 0.15) is 11.5 Å². The predicted molar refractivity (Wildman–Crippen MR) is 63.6 cm³/mol. The summed E-state index contributed by atoms with van der Waals surface area (Å²) in [5.74, 6) is 0.307. The van der Waals surface area contributed by atoms with Crippen LogP contribution in [0.3, 0.4) is 0 Å². The quantitative estimate of drug-likeness (QED) is 0.833. The monoisotopic (exact) mass is 268 g/mol.